The highest BCUT2D eigenvalue weighted by Gasteiger charge is 2.32. The minimum Gasteiger partial charge on any atom is -0.394 e. The molecule has 3 rings (SSSR count). The van der Waals surface area contributed by atoms with Gasteiger partial charge < -0.3 is 15.6 Å². The van der Waals surface area contributed by atoms with Gasteiger partial charge in [-0.15, -0.1) is 0 Å². The number of imidazole rings is 1. The molecule has 0 aromatic carbocycles. The predicted octanol–water partition coefficient (Wildman–Crippen LogP) is -0.449. The van der Waals surface area contributed by atoms with Crippen LogP contribution in [-0.4, -0.2) is 73.9 Å². The fourth-order valence-electron chi connectivity index (χ4n) is 2.59. The highest BCUT2D eigenvalue weighted by molar-refractivity contribution is 7.39. The Labute approximate surface area is 133 Å². The van der Waals surface area contributed by atoms with Gasteiger partial charge in [0, 0.05) is 6.54 Å². The van der Waals surface area contributed by atoms with Crippen LogP contribution < -0.4 is 5.73 Å². The van der Waals surface area contributed by atoms with E-state index in [1.165, 1.54) is 6.33 Å². The molecule has 1 aliphatic heterocycles. The number of fused-ring (bicyclic) bond motifs is 1. The average molecular weight is 341 g/mol. The highest BCUT2D eigenvalue weighted by atomic mass is 31.1. The van der Waals surface area contributed by atoms with Crippen LogP contribution in [0.15, 0.2) is 12.7 Å². The molecule has 2 aromatic heterocycles. The third kappa shape index (κ3) is 3.08. The lowest BCUT2D eigenvalue weighted by molar-refractivity contribution is -0.116. The minimum absolute atomic E-state index is 0.153. The lowest BCUT2D eigenvalue weighted by atomic mass is 10.3. The van der Waals surface area contributed by atoms with Crippen LogP contribution >= 0.6 is 8.10 Å². The lowest BCUT2D eigenvalue weighted by Gasteiger charge is -2.38. The van der Waals surface area contributed by atoms with Crippen molar-refractivity contribution in [2.75, 3.05) is 39.5 Å². The van der Waals surface area contributed by atoms with Crippen LogP contribution in [0.3, 0.4) is 0 Å². The molecule has 2 unspecified atom stereocenters. The topological polar surface area (TPSA) is 123 Å². The second-order valence-electron chi connectivity index (χ2n) is 5.56. The predicted molar refractivity (Wildman–Crippen MR) is 85.0 cm³/mol. The number of aromatic nitrogens is 4. The summed E-state index contributed by atoms with van der Waals surface area (Å²) in [7, 11) is 1.43. The Morgan fingerprint density at radius 2 is 2.22 bits per heavy atom. The van der Waals surface area contributed by atoms with Crippen LogP contribution in [0, 0.1) is 0 Å². The number of hydrogen-bond acceptors (Lipinski definition) is 7. The third-order valence-electron chi connectivity index (χ3n) is 3.70. The molecule has 1 fully saturated rings. The molecular formula is C12H20N7O3P. The van der Waals surface area contributed by atoms with Crippen molar-refractivity contribution in [2.24, 2.45) is 0 Å². The molecule has 3 heterocycles. The van der Waals surface area contributed by atoms with Crippen molar-refractivity contribution in [3.63, 3.8) is 0 Å². The van der Waals surface area contributed by atoms with Gasteiger partial charge in [0.2, 0.25) is 8.10 Å². The SMILES string of the molecule is CN(C)[PH](=O)N1CC(CO)O[C@@H](n2cnc3c(N)ncnc32)C1. The van der Waals surface area contributed by atoms with Crippen LogP contribution in [0.4, 0.5) is 5.82 Å². The van der Waals surface area contributed by atoms with E-state index in [1.807, 2.05) is 4.67 Å². The largest absolute Gasteiger partial charge is 0.394 e. The first-order chi connectivity index (χ1) is 11.0. The molecule has 1 saturated heterocycles. The fraction of sp³-hybridized carbons (Fsp3) is 0.583. The Morgan fingerprint density at radius 3 is 2.91 bits per heavy atom. The van der Waals surface area contributed by atoms with E-state index in [1.54, 1.807) is 29.7 Å². The summed E-state index contributed by atoms with van der Waals surface area (Å²) in [6.07, 6.45) is 2.04. The van der Waals surface area contributed by atoms with E-state index >= 15 is 0 Å². The smallest absolute Gasteiger partial charge is 0.204 e. The summed E-state index contributed by atoms with van der Waals surface area (Å²) in [5.41, 5.74) is 6.84. The fourth-order valence-corrected chi connectivity index (χ4v) is 3.83. The van der Waals surface area contributed by atoms with Gasteiger partial charge in [-0.05, 0) is 14.1 Å². The number of ether oxygens (including phenoxy) is 1. The lowest BCUT2D eigenvalue weighted by Crippen LogP contribution is -2.44. The molecule has 10 nitrogen and oxygen atoms in total. The molecular weight excluding hydrogens is 321 g/mol. The summed E-state index contributed by atoms with van der Waals surface area (Å²) in [5, 5.41) is 9.48. The molecule has 2 aromatic rings. The Hall–Kier alpha value is -1.58. The quantitative estimate of drug-likeness (QED) is 0.712. The summed E-state index contributed by atoms with van der Waals surface area (Å²) in [5.74, 6) is 0.294. The van der Waals surface area contributed by atoms with Gasteiger partial charge in [0.25, 0.3) is 0 Å². The van der Waals surface area contributed by atoms with Crippen molar-refractivity contribution in [2.45, 2.75) is 12.3 Å². The second kappa shape index (κ2) is 6.50. The summed E-state index contributed by atoms with van der Waals surface area (Å²) in [6, 6.07) is 0. The van der Waals surface area contributed by atoms with E-state index in [0.717, 1.165) is 0 Å². The molecule has 0 radical (unpaired) electrons. The molecule has 3 atom stereocenters. The van der Waals surface area contributed by atoms with Crippen molar-refractivity contribution in [3.05, 3.63) is 12.7 Å². The van der Waals surface area contributed by atoms with Crippen molar-refractivity contribution >= 4 is 25.1 Å². The zero-order valence-electron chi connectivity index (χ0n) is 13.0. The first kappa shape index (κ1) is 16.3. The standard InChI is InChI=1S/C12H20N7O3P/c1-17(2)23(21)18-3-8(5-20)22-9(4-18)19-7-16-10-11(13)14-6-15-12(10)19/h6-9,20,23H,3-5H2,1-2H3,(H2,13,14,15)/t8?,9-/m1/s1. The van der Waals surface area contributed by atoms with Crippen molar-refractivity contribution < 1.29 is 14.4 Å². The zero-order chi connectivity index (χ0) is 16.6. The number of aliphatic hydroxyl groups excluding tert-OH is 1. The molecule has 11 heteroatoms. The van der Waals surface area contributed by atoms with E-state index in [0.29, 0.717) is 30.1 Å². The van der Waals surface area contributed by atoms with E-state index in [4.69, 9.17) is 10.5 Å². The van der Waals surface area contributed by atoms with Gasteiger partial charge in [-0.1, -0.05) is 0 Å². The van der Waals surface area contributed by atoms with Gasteiger partial charge in [-0.3, -0.25) is 9.13 Å². The Bertz CT molecular complexity index is 722. The van der Waals surface area contributed by atoms with Crippen molar-refractivity contribution in [1.29, 1.82) is 0 Å². The van der Waals surface area contributed by atoms with Gasteiger partial charge >= 0.3 is 0 Å². The molecule has 126 valence electrons. The number of nitrogen functional groups attached to an aromatic ring is 1. The summed E-state index contributed by atoms with van der Waals surface area (Å²) in [6.45, 7) is 0.661. The first-order valence-corrected chi connectivity index (χ1v) is 8.47. The Kier molecular flexibility index (Phi) is 4.60. The molecule has 1 aliphatic rings. The number of morpholine rings is 1. The minimum atomic E-state index is -2.10. The van der Waals surface area contributed by atoms with E-state index in [-0.39, 0.29) is 6.61 Å². The number of nitrogens with two attached hydrogens (primary N) is 1. The Balaban J connectivity index is 1.93. The van der Waals surface area contributed by atoms with Gasteiger partial charge in [-0.2, -0.15) is 0 Å². The summed E-state index contributed by atoms with van der Waals surface area (Å²) >= 11 is 0. The number of aliphatic hydroxyl groups is 1. The normalized spacial score (nSPS) is 24.3. The van der Waals surface area contributed by atoms with Crippen LogP contribution in [0.1, 0.15) is 6.23 Å². The van der Waals surface area contributed by atoms with E-state index in [2.05, 4.69) is 15.0 Å². The average Bonchev–Trinajstić information content (AvgIpc) is 2.99. The van der Waals surface area contributed by atoms with Crippen molar-refractivity contribution in [3.8, 4) is 0 Å². The second-order valence-corrected chi connectivity index (χ2v) is 7.65. The maximum atomic E-state index is 12.4. The van der Waals surface area contributed by atoms with Crippen LogP contribution in [-0.2, 0) is 9.30 Å². The number of hydrogen-bond donors (Lipinski definition) is 2. The molecule has 23 heavy (non-hydrogen) atoms. The molecule has 0 aliphatic carbocycles. The van der Waals surface area contributed by atoms with Gasteiger partial charge in [-0.25, -0.2) is 24.3 Å². The molecule has 0 spiro atoms. The summed E-state index contributed by atoms with van der Waals surface area (Å²) in [4.78, 5) is 12.3. The van der Waals surface area contributed by atoms with Crippen LogP contribution in [0.25, 0.3) is 11.2 Å². The highest BCUT2D eigenvalue weighted by Crippen LogP contribution is 2.35. The summed E-state index contributed by atoms with van der Waals surface area (Å²) < 4.78 is 23.5. The van der Waals surface area contributed by atoms with E-state index < -0.39 is 20.4 Å². The van der Waals surface area contributed by atoms with Gasteiger partial charge in [0.15, 0.2) is 11.5 Å². The van der Waals surface area contributed by atoms with Crippen molar-refractivity contribution in [1.82, 2.24) is 28.9 Å². The Morgan fingerprint density at radius 1 is 1.43 bits per heavy atom. The maximum absolute atomic E-state index is 12.4. The first-order valence-electron chi connectivity index (χ1n) is 7.16. The van der Waals surface area contributed by atoms with Gasteiger partial charge in [0.1, 0.15) is 18.1 Å². The third-order valence-corrected chi connectivity index (χ3v) is 5.38. The molecule has 0 amide bonds. The number of anilines is 1. The number of rotatable bonds is 4. The molecule has 0 bridgehead atoms. The zero-order valence-corrected chi connectivity index (χ0v) is 14.0. The molecule has 3 N–H and O–H groups in total. The number of nitrogens with zero attached hydrogens (tertiary/aromatic N) is 6. The van der Waals surface area contributed by atoms with Gasteiger partial charge in [0.05, 0.1) is 25.6 Å². The van der Waals surface area contributed by atoms with Crippen LogP contribution in [0.2, 0.25) is 0 Å². The maximum Gasteiger partial charge on any atom is 0.204 e. The monoisotopic (exact) mass is 341 g/mol. The van der Waals surface area contributed by atoms with E-state index in [9.17, 15) is 9.67 Å². The van der Waals surface area contributed by atoms with Crippen LogP contribution in [0.5, 0.6) is 0 Å². The molecule has 0 saturated carbocycles.